The third-order valence-corrected chi connectivity index (χ3v) is 15.4. The Labute approximate surface area is 370 Å². The molecule has 1 N–H and O–H groups in total. The van der Waals surface area contributed by atoms with Gasteiger partial charge in [-0.3, -0.25) is 33.9 Å². The van der Waals surface area contributed by atoms with Gasteiger partial charge in [-0.15, -0.1) is 0 Å². The molecule has 64 heavy (non-hydrogen) atoms. The van der Waals surface area contributed by atoms with E-state index in [-0.39, 0.29) is 50.1 Å². The van der Waals surface area contributed by atoms with E-state index in [2.05, 4.69) is 4.98 Å². The van der Waals surface area contributed by atoms with Gasteiger partial charge in [-0.1, -0.05) is 55.5 Å². The lowest BCUT2D eigenvalue weighted by molar-refractivity contribution is -0.249. The maximum atomic E-state index is 17.8. The first-order chi connectivity index (χ1) is 30.2. The van der Waals surface area contributed by atoms with Crippen molar-refractivity contribution in [1.29, 1.82) is 0 Å². The summed E-state index contributed by atoms with van der Waals surface area (Å²) in [5.41, 5.74) is -4.60. The number of benzene rings is 2. The SMILES string of the molecule is CN(C)C(C(=O)Cc1ccc2cnccc2c1)c1ccc(COC(=O)C2CC2C(=O)OCC(=O)[C@@]23OC(C)(C)O[C@@H]2C[C@H]2[C@@H]4C[C@H](F)C5=CC(=O)C=C[C@]5(C)[C@@]4(F)[C@@H](O)C[C@@]23C)cc1. The summed E-state index contributed by atoms with van der Waals surface area (Å²) in [6.07, 6.45) is 2.98. The van der Waals surface area contributed by atoms with Gasteiger partial charge in [0.1, 0.15) is 12.8 Å². The quantitative estimate of drug-likeness (QED) is 0.204. The van der Waals surface area contributed by atoms with Crippen LogP contribution >= 0.6 is 0 Å². The molecule has 3 aromatic rings. The third kappa shape index (κ3) is 6.89. The molecule has 6 aliphatic rings. The van der Waals surface area contributed by atoms with E-state index < -0.39 is 106 Å². The summed E-state index contributed by atoms with van der Waals surface area (Å²) in [5, 5.41) is 13.8. The molecule has 0 spiro atoms. The molecule has 4 saturated carbocycles. The van der Waals surface area contributed by atoms with Crippen LogP contribution in [0.25, 0.3) is 10.8 Å². The predicted molar refractivity (Wildman–Crippen MR) is 227 cm³/mol. The monoisotopic (exact) mass is 880 g/mol. The normalized spacial score (nSPS) is 36.0. The van der Waals surface area contributed by atoms with Gasteiger partial charge in [0.2, 0.25) is 5.78 Å². The number of aliphatic hydroxyl groups excluding tert-OH is 1. The Bertz CT molecular complexity index is 2510. The van der Waals surface area contributed by atoms with Gasteiger partial charge in [0.05, 0.1) is 30.1 Å². The average molecular weight is 881 g/mol. The molecule has 1 aromatic heterocycles. The molecule has 14 heteroatoms. The highest BCUT2D eigenvalue weighted by atomic mass is 19.1. The summed E-state index contributed by atoms with van der Waals surface area (Å²) < 4.78 is 57.7. The Morgan fingerprint density at radius 2 is 1.62 bits per heavy atom. The number of carbonyl (C=O) groups excluding carboxylic acids is 5. The van der Waals surface area contributed by atoms with Gasteiger partial charge < -0.3 is 24.1 Å². The number of ether oxygens (including phenoxy) is 4. The number of pyridine rings is 1. The van der Waals surface area contributed by atoms with Crippen molar-refractivity contribution in [2.45, 2.75) is 108 Å². The van der Waals surface area contributed by atoms with Crippen LogP contribution in [0.3, 0.4) is 0 Å². The van der Waals surface area contributed by atoms with Crippen LogP contribution < -0.4 is 0 Å². The summed E-state index contributed by atoms with van der Waals surface area (Å²) in [6.45, 7) is 5.76. The smallest absolute Gasteiger partial charge is 0.310 e. The molecular weight excluding hydrogens is 827 g/mol. The van der Waals surface area contributed by atoms with Crippen LogP contribution in [0.15, 0.2) is 84.7 Å². The zero-order valence-electron chi connectivity index (χ0n) is 36.8. The van der Waals surface area contributed by atoms with Gasteiger partial charge in [-0.2, -0.15) is 0 Å². The van der Waals surface area contributed by atoms with Crippen molar-refractivity contribution in [2.75, 3.05) is 20.7 Å². The van der Waals surface area contributed by atoms with E-state index in [1.54, 1.807) is 45.3 Å². The molecule has 0 amide bonds. The van der Waals surface area contributed by atoms with Crippen molar-refractivity contribution in [3.63, 3.8) is 0 Å². The number of allylic oxidation sites excluding steroid dienone is 4. The summed E-state index contributed by atoms with van der Waals surface area (Å²) >= 11 is 0. The standard InChI is InChI=1S/C50H54F2N2O10/c1-46(2)63-42-22-35-36-21-38(51)37-19-32(55)13-15-47(37,3)49(36,52)40(57)23-48(35,4)50(42,64-46)41(58)26-62-45(60)34-20-33(34)44(59)61-25-27-7-10-29(11-8-27)43(54(5)6)39(56)18-28-9-12-31-24-53-16-14-30(31)17-28/h7-17,19,24,33-36,38,40,42-43,57H,18,20-23,25-26H2,1-6H3/t33?,34?,35-,36-,38-,40-,42+,43?,47-,48-,49-,50+/m0/s1. The topological polar surface area (TPSA) is 159 Å². The number of esters is 2. The van der Waals surface area contributed by atoms with E-state index in [1.807, 2.05) is 55.4 Å². The molecule has 0 bridgehead atoms. The molecule has 0 radical (unpaired) electrons. The second kappa shape index (κ2) is 15.6. The molecule has 5 aliphatic carbocycles. The summed E-state index contributed by atoms with van der Waals surface area (Å²) in [4.78, 5) is 72.8. The van der Waals surface area contributed by atoms with Crippen molar-refractivity contribution in [2.24, 2.45) is 34.5 Å². The lowest BCUT2D eigenvalue weighted by Gasteiger charge is -2.63. The second-order valence-electron chi connectivity index (χ2n) is 19.8. The van der Waals surface area contributed by atoms with Crippen LogP contribution in [0.2, 0.25) is 0 Å². The molecule has 2 aromatic carbocycles. The summed E-state index contributed by atoms with van der Waals surface area (Å²) in [6, 6.07) is 14.6. The first-order valence-corrected chi connectivity index (χ1v) is 22.0. The van der Waals surface area contributed by atoms with Gasteiger partial charge in [0, 0.05) is 40.9 Å². The zero-order valence-corrected chi connectivity index (χ0v) is 36.8. The fourth-order valence-electron chi connectivity index (χ4n) is 12.2. The third-order valence-electron chi connectivity index (χ3n) is 15.4. The molecule has 2 heterocycles. The van der Waals surface area contributed by atoms with Gasteiger partial charge in [-0.25, -0.2) is 8.78 Å². The fourth-order valence-corrected chi connectivity index (χ4v) is 12.2. The number of likely N-dealkylation sites (N-methyl/N-ethyl adjacent to an activating group) is 1. The van der Waals surface area contributed by atoms with Crippen LogP contribution in [0.1, 0.15) is 76.1 Å². The van der Waals surface area contributed by atoms with Crippen molar-refractivity contribution < 1.29 is 56.8 Å². The Hall–Kier alpha value is -5.02. The number of Topliss-reactive ketones (excluding diaryl/α,β-unsaturated/α-hetero) is 2. The predicted octanol–water partition coefficient (Wildman–Crippen LogP) is 6.26. The maximum Gasteiger partial charge on any atom is 0.310 e. The zero-order chi connectivity index (χ0) is 45.7. The molecule has 3 unspecified atom stereocenters. The average Bonchev–Trinajstić information content (AvgIpc) is 3.95. The van der Waals surface area contributed by atoms with Crippen molar-refractivity contribution in [1.82, 2.24) is 9.88 Å². The number of aliphatic hydroxyl groups is 1. The van der Waals surface area contributed by atoms with Crippen LogP contribution in [0.4, 0.5) is 8.78 Å². The lowest BCUT2D eigenvalue weighted by Crippen LogP contribution is -2.71. The van der Waals surface area contributed by atoms with Crippen molar-refractivity contribution >= 4 is 40.1 Å². The highest BCUT2D eigenvalue weighted by Gasteiger charge is 2.80. The second-order valence-corrected chi connectivity index (χ2v) is 19.8. The highest BCUT2D eigenvalue weighted by molar-refractivity contribution is 6.01. The van der Waals surface area contributed by atoms with E-state index >= 15 is 8.78 Å². The van der Waals surface area contributed by atoms with Crippen LogP contribution in [0.5, 0.6) is 0 Å². The number of carbonyl (C=O) groups is 5. The fraction of sp³-hybridized carbons (Fsp3) is 0.520. The van der Waals surface area contributed by atoms with Crippen molar-refractivity contribution in [3.05, 3.63) is 101 Å². The number of ketones is 3. The van der Waals surface area contributed by atoms with Gasteiger partial charge in [0.15, 0.2) is 35.2 Å². The van der Waals surface area contributed by atoms with Crippen molar-refractivity contribution in [3.8, 4) is 0 Å². The number of fused-ring (bicyclic) bond motifs is 8. The lowest BCUT2D eigenvalue weighted by atomic mass is 9.44. The maximum absolute atomic E-state index is 17.8. The first kappa shape index (κ1) is 44.2. The minimum atomic E-state index is -2.36. The Kier molecular flexibility index (Phi) is 10.7. The number of halogens is 2. The first-order valence-electron chi connectivity index (χ1n) is 22.0. The molecule has 5 fully saturated rings. The Morgan fingerprint density at radius 1 is 0.922 bits per heavy atom. The molecule has 1 aliphatic heterocycles. The number of hydrogen-bond donors (Lipinski definition) is 1. The summed E-state index contributed by atoms with van der Waals surface area (Å²) in [7, 11) is 3.70. The number of hydrogen-bond acceptors (Lipinski definition) is 12. The largest absolute Gasteiger partial charge is 0.461 e. The molecule has 12 atom stereocenters. The van der Waals surface area contributed by atoms with Gasteiger partial charge in [0.25, 0.3) is 0 Å². The van der Waals surface area contributed by atoms with Crippen LogP contribution in [0, 0.1) is 34.5 Å². The van der Waals surface area contributed by atoms with E-state index in [4.69, 9.17) is 18.9 Å². The summed E-state index contributed by atoms with van der Waals surface area (Å²) in [5.74, 6) is -6.97. The molecular formula is C50H54F2N2O10. The number of rotatable bonds is 12. The minimum absolute atomic E-state index is 0.00230. The van der Waals surface area contributed by atoms with E-state index in [0.29, 0.717) is 5.56 Å². The number of alkyl halides is 2. The van der Waals surface area contributed by atoms with E-state index in [1.165, 1.54) is 19.1 Å². The van der Waals surface area contributed by atoms with Crippen LogP contribution in [-0.2, 0) is 55.9 Å². The minimum Gasteiger partial charge on any atom is -0.461 e. The molecule has 1 saturated heterocycles. The Morgan fingerprint density at radius 3 is 2.34 bits per heavy atom. The number of nitrogens with zero attached hydrogens (tertiary/aromatic N) is 2. The van der Waals surface area contributed by atoms with Gasteiger partial charge in [-0.05, 0) is 112 Å². The van der Waals surface area contributed by atoms with E-state index in [0.717, 1.165) is 28.0 Å². The Balaban J connectivity index is 0.818. The molecule has 338 valence electrons. The van der Waals surface area contributed by atoms with Crippen LogP contribution in [-0.4, -0.2) is 100 Å². The van der Waals surface area contributed by atoms with E-state index in [9.17, 15) is 29.1 Å². The highest BCUT2D eigenvalue weighted by Crippen LogP contribution is 2.72. The number of aromatic nitrogens is 1. The molecule has 9 rings (SSSR count). The molecule has 12 nitrogen and oxygen atoms in total. The van der Waals surface area contributed by atoms with Gasteiger partial charge >= 0.3 is 11.9 Å².